The molecule has 0 radical (unpaired) electrons. The fourth-order valence-electron chi connectivity index (χ4n) is 3.37. The van der Waals surface area contributed by atoms with Crippen molar-refractivity contribution in [2.45, 2.75) is 30.6 Å². The molecular weight excluding hydrogens is 319 g/mol. The van der Waals surface area contributed by atoms with E-state index in [1.54, 1.807) is 4.90 Å². The summed E-state index contributed by atoms with van der Waals surface area (Å²) in [6.07, 6.45) is 4.06. The summed E-state index contributed by atoms with van der Waals surface area (Å²) >= 11 is 0. The van der Waals surface area contributed by atoms with Gasteiger partial charge in [0.15, 0.2) is 0 Å². The van der Waals surface area contributed by atoms with E-state index in [4.69, 9.17) is 0 Å². The van der Waals surface area contributed by atoms with E-state index in [0.717, 1.165) is 31.7 Å². The number of carbonyl (C=O) groups excluding carboxylic acids is 1. The molecule has 0 aromatic heterocycles. The van der Waals surface area contributed by atoms with Crippen LogP contribution < -0.4 is 0 Å². The Morgan fingerprint density at radius 2 is 1.65 bits per heavy atom. The fraction of sp³-hybridized carbons (Fsp3) is 0.562. The van der Waals surface area contributed by atoms with Crippen LogP contribution in [0.1, 0.15) is 25.7 Å². The molecule has 1 aliphatic carbocycles. The predicted octanol–water partition coefficient (Wildman–Crippen LogP) is 1.85. The molecule has 0 atom stereocenters. The van der Waals surface area contributed by atoms with Crippen LogP contribution in [0.4, 0.5) is 4.39 Å². The van der Waals surface area contributed by atoms with Crippen molar-refractivity contribution in [3.05, 3.63) is 30.1 Å². The molecule has 0 bridgehead atoms. The minimum atomic E-state index is -3.84. The van der Waals surface area contributed by atoms with Gasteiger partial charge in [-0.2, -0.15) is 4.31 Å². The molecule has 126 valence electrons. The van der Waals surface area contributed by atoms with Gasteiger partial charge in [-0.1, -0.05) is 25.0 Å². The number of piperazine rings is 1. The van der Waals surface area contributed by atoms with Crippen LogP contribution in [0.25, 0.3) is 0 Å². The molecule has 1 aliphatic heterocycles. The maximum Gasteiger partial charge on any atom is 0.246 e. The molecule has 7 heteroatoms. The Morgan fingerprint density at radius 1 is 1.04 bits per heavy atom. The molecule has 1 aromatic carbocycles. The summed E-state index contributed by atoms with van der Waals surface area (Å²) in [5.41, 5.74) is 0. The second kappa shape index (κ2) is 6.57. The average molecular weight is 340 g/mol. The van der Waals surface area contributed by atoms with E-state index in [2.05, 4.69) is 0 Å². The molecule has 0 N–H and O–H groups in total. The van der Waals surface area contributed by atoms with E-state index in [9.17, 15) is 17.6 Å². The van der Waals surface area contributed by atoms with E-state index in [1.807, 2.05) is 0 Å². The van der Waals surface area contributed by atoms with Gasteiger partial charge in [0.2, 0.25) is 15.9 Å². The molecule has 1 heterocycles. The van der Waals surface area contributed by atoms with Gasteiger partial charge in [-0.05, 0) is 25.0 Å². The number of halogens is 1. The Labute approximate surface area is 136 Å². The van der Waals surface area contributed by atoms with Gasteiger partial charge in [0.05, 0.1) is 0 Å². The quantitative estimate of drug-likeness (QED) is 0.844. The van der Waals surface area contributed by atoms with Crippen molar-refractivity contribution in [3.8, 4) is 0 Å². The summed E-state index contributed by atoms with van der Waals surface area (Å²) in [6.45, 7) is 1.19. The average Bonchev–Trinajstić information content (AvgIpc) is 3.09. The van der Waals surface area contributed by atoms with E-state index >= 15 is 0 Å². The Kier molecular flexibility index (Phi) is 4.68. The van der Waals surface area contributed by atoms with E-state index in [1.165, 1.54) is 22.5 Å². The highest BCUT2D eigenvalue weighted by Gasteiger charge is 2.34. The molecule has 1 saturated heterocycles. The lowest BCUT2D eigenvalue weighted by atomic mass is 10.1. The summed E-state index contributed by atoms with van der Waals surface area (Å²) < 4.78 is 40.1. The number of hydrogen-bond acceptors (Lipinski definition) is 3. The van der Waals surface area contributed by atoms with Crippen molar-refractivity contribution in [1.82, 2.24) is 9.21 Å². The second-order valence-corrected chi connectivity index (χ2v) is 8.05. The Hall–Kier alpha value is -1.47. The van der Waals surface area contributed by atoms with Gasteiger partial charge < -0.3 is 4.90 Å². The van der Waals surface area contributed by atoms with Gasteiger partial charge in [-0.15, -0.1) is 0 Å². The minimum Gasteiger partial charge on any atom is -0.340 e. The highest BCUT2D eigenvalue weighted by Crippen LogP contribution is 2.27. The van der Waals surface area contributed by atoms with Crippen LogP contribution in [0.5, 0.6) is 0 Å². The van der Waals surface area contributed by atoms with Crippen LogP contribution in [0.15, 0.2) is 29.2 Å². The number of carbonyl (C=O) groups is 1. The van der Waals surface area contributed by atoms with Gasteiger partial charge in [0.25, 0.3) is 0 Å². The highest BCUT2D eigenvalue weighted by molar-refractivity contribution is 7.89. The first-order valence-corrected chi connectivity index (χ1v) is 9.47. The standard InChI is InChI=1S/C16H21FN2O3S/c17-14-7-3-4-8-15(14)23(21,22)19-11-9-18(10-12-19)16(20)13-5-1-2-6-13/h3-4,7-8,13H,1-2,5-6,9-12H2. The lowest BCUT2D eigenvalue weighted by Gasteiger charge is -2.35. The fourth-order valence-corrected chi connectivity index (χ4v) is 4.86. The van der Waals surface area contributed by atoms with Crippen LogP contribution in [0, 0.1) is 11.7 Å². The number of amides is 1. The maximum atomic E-state index is 13.8. The van der Waals surface area contributed by atoms with Crippen molar-refractivity contribution in [3.63, 3.8) is 0 Å². The Bertz CT molecular complexity index is 678. The topological polar surface area (TPSA) is 57.7 Å². The van der Waals surface area contributed by atoms with Gasteiger partial charge in [-0.25, -0.2) is 12.8 Å². The minimum absolute atomic E-state index is 0.102. The van der Waals surface area contributed by atoms with Crippen molar-refractivity contribution < 1.29 is 17.6 Å². The lowest BCUT2D eigenvalue weighted by Crippen LogP contribution is -2.51. The van der Waals surface area contributed by atoms with E-state index < -0.39 is 15.8 Å². The number of sulfonamides is 1. The highest BCUT2D eigenvalue weighted by atomic mass is 32.2. The zero-order valence-corrected chi connectivity index (χ0v) is 13.8. The molecule has 5 nitrogen and oxygen atoms in total. The van der Waals surface area contributed by atoms with Gasteiger partial charge in [0.1, 0.15) is 10.7 Å². The van der Waals surface area contributed by atoms with Crippen molar-refractivity contribution >= 4 is 15.9 Å². The molecule has 1 aromatic rings. The summed E-state index contributed by atoms with van der Waals surface area (Å²) in [4.78, 5) is 13.8. The molecule has 2 fully saturated rings. The summed E-state index contributed by atoms with van der Waals surface area (Å²) in [5.74, 6) is -0.493. The van der Waals surface area contributed by atoms with Gasteiger partial charge >= 0.3 is 0 Å². The van der Waals surface area contributed by atoms with Crippen molar-refractivity contribution in [2.24, 2.45) is 5.92 Å². The largest absolute Gasteiger partial charge is 0.340 e. The molecule has 2 aliphatic rings. The molecule has 23 heavy (non-hydrogen) atoms. The second-order valence-electron chi connectivity index (χ2n) is 6.14. The number of hydrogen-bond donors (Lipinski definition) is 0. The molecule has 0 unspecified atom stereocenters. The SMILES string of the molecule is O=C(C1CCCC1)N1CCN(S(=O)(=O)c2ccccc2F)CC1. The van der Waals surface area contributed by atoms with Crippen LogP contribution >= 0.6 is 0 Å². The van der Waals surface area contributed by atoms with Gasteiger partial charge in [0, 0.05) is 32.1 Å². The maximum absolute atomic E-state index is 13.8. The first-order chi connectivity index (χ1) is 11.0. The normalized spacial score (nSPS) is 20.8. The summed E-state index contributed by atoms with van der Waals surface area (Å²) in [6, 6.07) is 5.40. The van der Waals surface area contributed by atoms with Crippen LogP contribution in [0.3, 0.4) is 0 Å². The Balaban J connectivity index is 1.66. The third-order valence-corrected chi connectivity index (χ3v) is 6.64. The van der Waals surface area contributed by atoms with Crippen LogP contribution in [0.2, 0.25) is 0 Å². The van der Waals surface area contributed by atoms with Crippen molar-refractivity contribution in [2.75, 3.05) is 26.2 Å². The van der Waals surface area contributed by atoms with Crippen molar-refractivity contribution in [1.29, 1.82) is 0 Å². The third kappa shape index (κ3) is 3.26. The smallest absolute Gasteiger partial charge is 0.246 e. The number of rotatable bonds is 3. The number of nitrogens with zero attached hydrogens (tertiary/aromatic N) is 2. The predicted molar refractivity (Wildman–Crippen MR) is 83.7 cm³/mol. The number of benzene rings is 1. The summed E-state index contributed by atoms with van der Waals surface area (Å²) in [7, 11) is -3.84. The van der Waals surface area contributed by atoms with Crippen LogP contribution in [-0.4, -0.2) is 49.7 Å². The molecule has 1 saturated carbocycles. The zero-order valence-electron chi connectivity index (χ0n) is 12.9. The van der Waals surface area contributed by atoms with E-state index in [-0.39, 0.29) is 29.8 Å². The Morgan fingerprint density at radius 3 is 2.26 bits per heavy atom. The summed E-state index contributed by atoms with van der Waals surface area (Å²) in [5, 5.41) is 0. The molecule has 0 spiro atoms. The zero-order chi connectivity index (χ0) is 16.4. The van der Waals surface area contributed by atoms with Crippen LogP contribution in [-0.2, 0) is 14.8 Å². The third-order valence-electron chi connectivity index (χ3n) is 4.71. The molecule has 3 rings (SSSR count). The molecule has 1 amide bonds. The monoisotopic (exact) mass is 340 g/mol. The first-order valence-electron chi connectivity index (χ1n) is 8.03. The molecular formula is C16H21FN2O3S. The van der Waals surface area contributed by atoms with E-state index in [0.29, 0.717) is 13.1 Å². The van der Waals surface area contributed by atoms with Gasteiger partial charge in [-0.3, -0.25) is 4.79 Å². The first kappa shape index (κ1) is 16.4. The lowest BCUT2D eigenvalue weighted by molar-refractivity contribution is -0.136.